The average molecular weight is 333 g/mol. The van der Waals surface area contributed by atoms with E-state index in [1.807, 2.05) is 0 Å². The number of hydrogen-bond donors (Lipinski definition) is 2. The molecule has 0 radical (unpaired) electrons. The zero-order valence-corrected chi connectivity index (χ0v) is 13.5. The molecule has 1 aromatic rings. The van der Waals surface area contributed by atoms with Gasteiger partial charge in [-0.25, -0.2) is 4.79 Å². The zero-order valence-electron chi connectivity index (χ0n) is 13.5. The number of urea groups is 1. The molecule has 0 saturated carbocycles. The number of rotatable bonds is 3. The first-order chi connectivity index (χ1) is 11.5. The smallest absolute Gasteiger partial charge is 0.322 e. The van der Waals surface area contributed by atoms with E-state index in [9.17, 15) is 14.4 Å². The summed E-state index contributed by atoms with van der Waals surface area (Å²) in [6.07, 6.45) is 0.773. The molecule has 0 atom stereocenters. The highest BCUT2D eigenvalue weighted by Gasteiger charge is 2.48. The molecule has 8 heteroatoms. The van der Waals surface area contributed by atoms with E-state index in [1.54, 1.807) is 23.1 Å². The van der Waals surface area contributed by atoms with E-state index in [-0.39, 0.29) is 11.8 Å². The fourth-order valence-corrected chi connectivity index (χ4v) is 3.09. The van der Waals surface area contributed by atoms with Gasteiger partial charge in [-0.1, -0.05) is 0 Å². The third-order valence-electron chi connectivity index (χ3n) is 4.52. The number of nitrogens with one attached hydrogen (secondary N) is 2. The average Bonchev–Trinajstić information content (AvgIpc) is 2.87. The monoisotopic (exact) mass is 333 g/mol. The molecule has 0 unspecified atom stereocenters. The second-order valence-electron chi connectivity index (χ2n) is 5.88. The van der Waals surface area contributed by atoms with Gasteiger partial charge in [0.15, 0.2) is 0 Å². The molecule has 1 spiro atoms. The van der Waals surface area contributed by atoms with E-state index in [0.29, 0.717) is 43.0 Å². The summed E-state index contributed by atoms with van der Waals surface area (Å²) in [4.78, 5) is 37.7. The van der Waals surface area contributed by atoms with Crippen LogP contribution in [0.15, 0.2) is 18.2 Å². The van der Waals surface area contributed by atoms with E-state index < -0.39 is 11.6 Å². The minimum atomic E-state index is -0.889. The first-order valence-corrected chi connectivity index (χ1v) is 7.63. The first-order valence-electron chi connectivity index (χ1n) is 7.63. The number of carbonyl (C=O) groups excluding carboxylic acids is 3. The Morgan fingerprint density at radius 1 is 1.08 bits per heavy atom. The number of piperidine rings is 1. The van der Waals surface area contributed by atoms with Crippen molar-refractivity contribution in [3.05, 3.63) is 23.8 Å². The third-order valence-corrected chi connectivity index (χ3v) is 4.52. The van der Waals surface area contributed by atoms with Gasteiger partial charge in [0.1, 0.15) is 17.0 Å². The van der Waals surface area contributed by atoms with Crippen molar-refractivity contribution in [1.29, 1.82) is 0 Å². The lowest BCUT2D eigenvalue weighted by Crippen LogP contribution is -2.55. The van der Waals surface area contributed by atoms with Crippen LogP contribution in [-0.2, 0) is 4.79 Å². The maximum absolute atomic E-state index is 12.7. The molecule has 0 aromatic heterocycles. The highest BCUT2D eigenvalue weighted by Crippen LogP contribution is 2.28. The Morgan fingerprint density at radius 2 is 1.67 bits per heavy atom. The predicted octanol–water partition coefficient (Wildman–Crippen LogP) is 0.518. The summed E-state index contributed by atoms with van der Waals surface area (Å²) in [6.45, 7) is 0.762. The second kappa shape index (κ2) is 6.03. The molecule has 2 heterocycles. The first kappa shape index (κ1) is 16.1. The van der Waals surface area contributed by atoms with Crippen molar-refractivity contribution in [3.8, 4) is 11.5 Å². The van der Waals surface area contributed by atoms with Gasteiger partial charge >= 0.3 is 6.03 Å². The highest BCUT2D eigenvalue weighted by atomic mass is 16.5. The van der Waals surface area contributed by atoms with E-state index in [4.69, 9.17) is 9.47 Å². The van der Waals surface area contributed by atoms with Crippen LogP contribution in [0.25, 0.3) is 0 Å². The van der Waals surface area contributed by atoms with Crippen molar-refractivity contribution in [2.45, 2.75) is 18.4 Å². The van der Waals surface area contributed by atoms with Crippen LogP contribution in [0.2, 0.25) is 0 Å². The number of benzene rings is 1. The quantitative estimate of drug-likeness (QED) is 0.786. The lowest BCUT2D eigenvalue weighted by molar-refractivity contribution is -0.125. The number of likely N-dealkylation sites (tertiary alicyclic amines) is 1. The number of hydrogen-bond acceptors (Lipinski definition) is 5. The minimum Gasteiger partial charge on any atom is -0.497 e. The van der Waals surface area contributed by atoms with Crippen LogP contribution in [0.3, 0.4) is 0 Å². The number of amides is 4. The molecule has 3 rings (SSSR count). The van der Waals surface area contributed by atoms with Gasteiger partial charge < -0.3 is 19.7 Å². The molecular weight excluding hydrogens is 314 g/mol. The molecule has 0 aliphatic carbocycles. The summed E-state index contributed by atoms with van der Waals surface area (Å²) < 4.78 is 10.4. The van der Waals surface area contributed by atoms with Crippen molar-refractivity contribution in [2.75, 3.05) is 27.3 Å². The van der Waals surface area contributed by atoms with Crippen LogP contribution in [0.5, 0.6) is 11.5 Å². The molecule has 2 saturated heterocycles. The molecule has 24 heavy (non-hydrogen) atoms. The van der Waals surface area contributed by atoms with Crippen molar-refractivity contribution >= 4 is 17.8 Å². The maximum atomic E-state index is 12.7. The number of imide groups is 1. The Morgan fingerprint density at radius 3 is 2.12 bits per heavy atom. The number of nitrogens with zero attached hydrogens (tertiary/aromatic N) is 1. The molecule has 2 N–H and O–H groups in total. The Labute approximate surface area is 139 Å². The Bertz CT molecular complexity index is 673. The topological polar surface area (TPSA) is 97.0 Å². The molecule has 8 nitrogen and oxygen atoms in total. The van der Waals surface area contributed by atoms with Crippen LogP contribution in [0, 0.1) is 0 Å². The Hall–Kier alpha value is -2.77. The molecule has 1 aromatic carbocycles. The normalized spacial score (nSPS) is 19.0. The van der Waals surface area contributed by atoms with Crippen LogP contribution >= 0.6 is 0 Å². The molecule has 128 valence electrons. The van der Waals surface area contributed by atoms with Gasteiger partial charge in [-0.2, -0.15) is 0 Å². The maximum Gasteiger partial charge on any atom is 0.322 e. The van der Waals surface area contributed by atoms with Crippen molar-refractivity contribution in [2.24, 2.45) is 0 Å². The minimum absolute atomic E-state index is 0.160. The predicted molar refractivity (Wildman–Crippen MR) is 84.1 cm³/mol. The second-order valence-corrected chi connectivity index (χ2v) is 5.88. The third kappa shape index (κ3) is 2.75. The molecule has 2 aliphatic rings. The lowest BCUT2D eigenvalue weighted by atomic mass is 9.87. The van der Waals surface area contributed by atoms with Gasteiger partial charge in [-0.05, 0) is 25.0 Å². The summed E-state index contributed by atoms with van der Waals surface area (Å²) in [6, 6.07) is 4.52. The summed E-state index contributed by atoms with van der Waals surface area (Å²) in [5.41, 5.74) is -0.429. The van der Waals surface area contributed by atoms with Crippen LogP contribution in [0.1, 0.15) is 23.2 Å². The van der Waals surface area contributed by atoms with E-state index in [1.165, 1.54) is 14.2 Å². The van der Waals surface area contributed by atoms with Crippen molar-refractivity contribution in [3.63, 3.8) is 0 Å². The Kier molecular flexibility index (Phi) is 4.04. The van der Waals surface area contributed by atoms with E-state index in [2.05, 4.69) is 10.6 Å². The van der Waals surface area contributed by atoms with E-state index >= 15 is 0 Å². The van der Waals surface area contributed by atoms with Crippen LogP contribution in [0.4, 0.5) is 4.79 Å². The summed E-state index contributed by atoms with van der Waals surface area (Å²) in [5, 5.41) is 4.93. The number of ether oxygens (including phenoxy) is 2. The van der Waals surface area contributed by atoms with Crippen LogP contribution < -0.4 is 20.1 Å². The van der Waals surface area contributed by atoms with Gasteiger partial charge in [0, 0.05) is 24.7 Å². The molecule has 2 aliphatic heterocycles. The summed E-state index contributed by atoms with van der Waals surface area (Å²) in [5.74, 6) is 0.594. The fraction of sp³-hybridized carbons (Fsp3) is 0.438. The zero-order chi connectivity index (χ0) is 17.3. The van der Waals surface area contributed by atoms with Crippen molar-refractivity contribution in [1.82, 2.24) is 15.5 Å². The lowest BCUT2D eigenvalue weighted by Gasteiger charge is -2.37. The Balaban J connectivity index is 1.74. The van der Waals surface area contributed by atoms with Gasteiger partial charge in [0.2, 0.25) is 0 Å². The van der Waals surface area contributed by atoms with Crippen LogP contribution in [-0.4, -0.2) is 55.6 Å². The summed E-state index contributed by atoms with van der Waals surface area (Å²) in [7, 11) is 3.05. The molecule has 0 bridgehead atoms. The standard InChI is InChI=1S/C16H19N3O5/c1-23-11-7-10(8-12(9-11)24-2)13(20)19-5-3-16(4-6-19)14(21)17-15(22)18-16/h7-9H,3-6H2,1-2H3,(H2,17,18,21,22). The van der Waals surface area contributed by atoms with Gasteiger partial charge in [0.05, 0.1) is 14.2 Å². The molecule has 2 fully saturated rings. The van der Waals surface area contributed by atoms with Crippen molar-refractivity contribution < 1.29 is 23.9 Å². The van der Waals surface area contributed by atoms with Gasteiger partial charge in [-0.3, -0.25) is 14.9 Å². The van der Waals surface area contributed by atoms with Gasteiger partial charge in [0.25, 0.3) is 11.8 Å². The fourth-order valence-electron chi connectivity index (χ4n) is 3.09. The SMILES string of the molecule is COc1cc(OC)cc(C(=O)N2CCC3(CC2)NC(=O)NC3=O)c1. The highest BCUT2D eigenvalue weighted by molar-refractivity contribution is 6.07. The van der Waals surface area contributed by atoms with E-state index in [0.717, 1.165) is 0 Å². The molecular formula is C16H19N3O5. The number of methoxy groups -OCH3 is 2. The summed E-state index contributed by atoms with van der Waals surface area (Å²) >= 11 is 0. The van der Waals surface area contributed by atoms with Gasteiger partial charge in [-0.15, -0.1) is 0 Å². The largest absolute Gasteiger partial charge is 0.497 e. The number of carbonyl (C=O) groups is 3. The molecule has 4 amide bonds.